The standard InChI is InChI=1S/C12H25P.C4H10P.2C3H7O.Ti/c1-4-5-9-13-11-7-6-8-12(2,3)10-11;1-2-3-4-5;2*1-3(2)4;/h11,13H,4-10H2,1-3H3;5H,2-4H2,1H3;2*3H,1-2H3;/q;3*-1;+3. The molecule has 1 aliphatic carbocycles. The van der Waals surface area contributed by atoms with E-state index < -0.39 is 12.2 Å². The van der Waals surface area contributed by atoms with Gasteiger partial charge in [-0.2, -0.15) is 0 Å². The van der Waals surface area contributed by atoms with E-state index in [4.69, 9.17) is 0 Å². The molecular formula is C22H49O2P2Ti. The minimum absolute atomic E-state index is 0.417. The SMILES string of the molecule is CC(C)[O-].CC(C)[O-].CCCCPC1CCCC(C)(C)C1.CCCC[PH][Ti+2]. The first-order valence-corrected chi connectivity index (χ1v) is 15.8. The molecule has 0 aromatic carbocycles. The van der Waals surface area contributed by atoms with Gasteiger partial charge in [0.1, 0.15) is 0 Å². The Labute approximate surface area is 187 Å². The predicted octanol–water partition coefficient (Wildman–Crippen LogP) is 5.87. The van der Waals surface area contributed by atoms with Crippen LogP contribution in [0, 0.1) is 5.41 Å². The van der Waals surface area contributed by atoms with E-state index in [1.54, 1.807) is 27.7 Å². The molecule has 0 bridgehead atoms. The van der Waals surface area contributed by atoms with Crippen molar-refractivity contribution in [1.29, 1.82) is 0 Å². The summed E-state index contributed by atoms with van der Waals surface area (Å²) in [6.45, 7) is 17.0. The van der Waals surface area contributed by atoms with Crippen LogP contribution in [-0.4, -0.2) is 30.2 Å². The van der Waals surface area contributed by atoms with Gasteiger partial charge in [-0.15, -0.1) is 20.8 Å². The average Bonchev–Trinajstić information content (AvgIpc) is 2.52. The van der Waals surface area contributed by atoms with Crippen molar-refractivity contribution in [3.63, 3.8) is 0 Å². The fraction of sp³-hybridized carbons (Fsp3) is 1.00. The van der Waals surface area contributed by atoms with Crippen LogP contribution in [0.1, 0.15) is 107 Å². The van der Waals surface area contributed by atoms with E-state index in [-0.39, 0.29) is 0 Å². The monoisotopic (exact) mass is 455 g/mol. The van der Waals surface area contributed by atoms with Gasteiger partial charge in [0.15, 0.2) is 0 Å². The van der Waals surface area contributed by atoms with Crippen LogP contribution >= 0.6 is 15.2 Å². The second kappa shape index (κ2) is 23.8. The molecule has 2 nitrogen and oxygen atoms in total. The van der Waals surface area contributed by atoms with Gasteiger partial charge < -0.3 is 10.2 Å². The zero-order chi connectivity index (χ0) is 21.7. The van der Waals surface area contributed by atoms with Crippen molar-refractivity contribution in [3.8, 4) is 0 Å². The van der Waals surface area contributed by atoms with Crippen molar-refractivity contribution in [2.24, 2.45) is 5.41 Å². The molecule has 0 aromatic rings. The van der Waals surface area contributed by atoms with E-state index in [1.165, 1.54) is 72.3 Å². The molecule has 1 aliphatic rings. The second-order valence-electron chi connectivity index (χ2n) is 8.64. The minimum atomic E-state index is -0.417. The molecule has 1 fully saturated rings. The predicted molar refractivity (Wildman–Crippen MR) is 122 cm³/mol. The summed E-state index contributed by atoms with van der Waals surface area (Å²) >= 11 is 2.26. The van der Waals surface area contributed by atoms with Crippen LogP contribution < -0.4 is 10.2 Å². The van der Waals surface area contributed by atoms with Gasteiger partial charge in [-0.1, -0.05) is 61.3 Å². The zero-order valence-electron chi connectivity index (χ0n) is 19.6. The van der Waals surface area contributed by atoms with E-state index in [1.807, 2.05) is 0 Å². The quantitative estimate of drug-likeness (QED) is 0.274. The Morgan fingerprint density at radius 3 is 1.74 bits per heavy atom. The summed E-state index contributed by atoms with van der Waals surface area (Å²) in [6.07, 6.45) is 13.7. The van der Waals surface area contributed by atoms with Crippen molar-refractivity contribution in [1.82, 2.24) is 0 Å². The molecule has 3 unspecified atom stereocenters. The van der Waals surface area contributed by atoms with Gasteiger partial charge in [0.2, 0.25) is 0 Å². The molecule has 1 rings (SSSR count). The molecule has 3 atom stereocenters. The van der Waals surface area contributed by atoms with Crippen molar-refractivity contribution >= 4 is 15.2 Å². The summed E-state index contributed by atoms with van der Waals surface area (Å²) in [5.41, 5.74) is 1.73. The molecule has 0 saturated heterocycles. The first kappa shape index (κ1) is 33.1. The average molecular weight is 455 g/mol. The summed E-state index contributed by atoms with van der Waals surface area (Å²) < 4.78 is 0. The molecule has 163 valence electrons. The van der Waals surface area contributed by atoms with Gasteiger partial charge in [0.25, 0.3) is 0 Å². The maximum absolute atomic E-state index is 9.53. The molecule has 0 aromatic heterocycles. The van der Waals surface area contributed by atoms with E-state index in [9.17, 15) is 10.2 Å². The molecule has 1 saturated carbocycles. The molecule has 0 aliphatic heterocycles. The van der Waals surface area contributed by atoms with Gasteiger partial charge in [-0.05, 0) is 42.9 Å². The van der Waals surface area contributed by atoms with Crippen LogP contribution in [0.15, 0.2) is 0 Å². The maximum atomic E-state index is 9.53. The molecule has 0 radical (unpaired) electrons. The Bertz CT molecular complexity index is 260. The van der Waals surface area contributed by atoms with Crippen molar-refractivity contribution in [2.75, 3.05) is 12.3 Å². The van der Waals surface area contributed by atoms with Crippen LogP contribution in [-0.2, 0) is 19.9 Å². The van der Waals surface area contributed by atoms with Crippen LogP contribution in [0.2, 0.25) is 0 Å². The fourth-order valence-electron chi connectivity index (χ4n) is 2.62. The van der Waals surface area contributed by atoms with Gasteiger partial charge in [0, 0.05) is 0 Å². The van der Waals surface area contributed by atoms with Gasteiger partial charge in [0.05, 0.1) is 0 Å². The van der Waals surface area contributed by atoms with Crippen molar-refractivity contribution < 1.29 is 30.1 Å². The van der Waals surface area contributed by atoms with Gasteiger partial charge in [-0.25, -0.2) is 0 Å². The third-order valence-corrected chi connectivity index (χ3v) is 7.31. The fourth-order valence-corrected chi connectivity index (χ4v) is 6.05. The first-order chi connectivity index (χ1) is 12.5. The molecular weight excluding hydrogens is 406 g/mol. The summed E-state index contributed by atoms with van der Waals surface area (Å²) in [5.74, 6) is 0. The molecule has 0 heterocycles. The summed E-state index contributed by atoms with van der Waals surface area (Å²) in [5, 5.41) is 19.1. The van der Waals surface area contributed by atoms with Crippen LogP contribution in [0.4, 0.5) is 0 Å². The Hall–Kier alpha value is 1.49. The molecule has 0 amide bonds. The van der Waals surface area contributed by atoms with Crippen molar-refractivity contribution in [3.05, 3.63) is 0 Å². The summed E-state index contributed by atoms with van der Waals surface area (Å²) in [4.78, 5) is 0. The number of hydrogen-bond donors (Lipinski definition) is 0. The molecule has 5 heteroatoms. The zero-order valence-corrected chi connectivity index (χ0v) is 23.2. The van der Waals surface area contributed by atoms with E-state index in [2.05, 4.69) is 47.6 Å². The summed E-state index contributed by atoms with van der Waals surface area (Å²) in [6, 6.07) is 0. The number of hydrogen-bond acceptors (Lipinski definition) is 2. The third-order valence-electron chi connectivity index (χ3n) is 3.82. The third kappa shape index (κ3) is 38.7. The molecule has 0 N–H and O–H groups in total. The van der Waals surface area contributed by atoms with Crippen LogP contribution in [0.25, 0.3) is 0 Å². The Balaban J connectivity index is -0.000000343. The molecule has 27 heavy (non-hydrogen) atoms. The van der Waals surface area contributed by atoms with Gasteiger partial charge >= 0.3 is 52.4 Å². The second-order valence-corrected chi connectivity index (χ2v) is 12.9. The first-order valence-electron chi connectivity index (χ1n) is 11.0. The Kier molecular flexibility index (Phi) is 29.2. The van der Waals surface area contributed by atoms with E-state index in [0.717, 1.165) is 12.2 Å². The Morgan fingerprint density at radius 2 is 1.41 bits per heavy atom. The topological polar surface area (TPSA) is 46.1 Å². The van der Waals surface area contributed by atoms with Crippen molar-refractivity contribution in [2.45, 2.75) is 125 Å². The van der Waals surface area contributed by atoms with Gasteiger partial charge in [-0.3, -0.25) is 0 Å². The normalized spacial score (nSPS) is 18.8. The summed E-state index contributed by atoms with van der Waals surface area (Å²) in [7, 11) is 1.25. The number of rotatable bonds is 7. The Morgan fingerprint density at radius 1 is 0.963 bits per heavy atom. The van der Waals surface area contributed by atoms with E-state index in [0.29, 0.717) is 5.41 Å². The van der Waals surface area contributed by atoms with Crippen LogP contribution in [0.5, 0.6) is 0 Å². The molecule has 0 spiro atoms. The number of unbranched alkanes of at least 4 members (excludes halogenated alkanes) is 2. The van der Waals surface area contributed by atoms with E-state index >= 15 is 0 Å². The van der Waals surface area contributed by atoms with Crippen LogP contribution in [0.3, 0.4) is 0 Å².